The van der Waals surface area contributed by atoms with Gasteiger partial charge < -0.3 is 9.84 Å². The first-order chi connectivity index (χ1) is 9.04. The summed E-state index contributed by atoms with van der Waals surface area (Å²) in [7, 11) is 0. The van der Waals surface area contributed by atoms with Gasteiger partial charge in [-0.25, -0.2) is 18.7 Å². The van der Waals surface area contributed by atoms with Gasteiger partial charge in [0, 0.05) is 12.1 Å². The van der Waals surface area contributed by atoms with Crippen molar-refractivity contribution in [1.82, 2.24) is 9.97 Å². The van der Waals surface area contributed by atoms with Crippen molar-refractivity contribution < 1.29 is 23.4 Å². The number of benzene rings is 1. The lowest BCUT2D eigenvalue weighted by atomic mass is 10.3. The first-order valence-electron chi connectivity index (χ1n) is 5.20. The standard InChI is InChI=1S/C12H8F2N2O3/c13-9-2-1-8(5-10(9)14)19-11-3-7(4-12(17)18)15-6-16-11/h1-3,5-6H,4H2,(H,17,18). The molecule has 19 heavy (non-hydrogen) atoms. The summed E-state index contributed by atoms with van der Waals surface area (Å²) in [4.78, 5) is 18.0. The fraction of sp³-hybridized carbons (Fsp3) is 0.0833. The molecule has 0 aliphatic heterocycles. The predicted molar refractivity (Wildman–Crippen MR) is 59.8 cm³/mol. The molecule has 98 valence electrons. The molecule has 0 fully saturated rings. The molecule has 1 heterocycles. The van der Waals surface area contributed by atoms with Crippen LogP contribution in [0.3, 0.4) is 0 Å². The SMILES string of the molecule is O=C(O)Cc1cc(Oc2ccc(F)c(F)c2)ncn1. The Hall–Kier alpha value is -2.57. The number of aliphatic carboxylic acids is 1. The summed E-state index contributed by atoms with van der Waals surface area (Å²) >= 11 is 0. The number of carbonyl (C=O) groups is 1. The number of nitrogens with zero attached hydrogens (tertiary/aromatic N) is 2. The van der Waals surface area contributed by atoms with E-state index in [0.717, 1.165) is 18.5 Å². The molecule has 5 nitrogen and oxygen atoms in total. The lowest BCUT2D eigenvalue weighted by Gasteiger charge is -2.05. The quantitative estimate of drug-likeness (QED) is 0.918. The minimum absolute atomic E-state index is 0.0530. The van der Waals surface area contributed by atoms with Crippen LogP contribution in [0.5, 0.6) is 11.6 Å². The Morgan fingerprint density at radius 1 is 1.21 bits per heavy atom. The van der Waals surface area contributed by atoms with E-state index in [1.807, 2.05) is 0 Å². The van der Waals surface area contributed by atoms with Gasteiger partial charge in [-0.1, -0.05) is 0 Å². The monoisotopic (exact) mass is 266 g/mol. The van der Waals surface area contributed by atoms with Crippen LogP contribution >= 0.6 is 0 Å². The van der Waals surface area contributed by atoms with Crippen LogP contribution < -0.4 is 4.74 Å². The molecule has 2 rings (SSSR count). The van der Waals surface area contributed by atoms with Crippen molar-refractivity contribution in [2.75, 3.05) is 0 Å². The summed E-state index contributed by atoms with van der Waals surface area (Å²) in [6.45, 7) is 0. The second-order valence-electron chi connectivity index (χ2n) is 3.60. The van der Waals surface area contributed by atoms with E-state index in [-0.39, 0.29) is 23.7 Å². The van der Waals surface area contributed by atoms with Crippen molar-refractivity contribution in [1.29, 1.82) is 0 Å². The highest BCUT2D eigenvalue weighted by molar-refractivity contribution is 5.69. The van der Waals surface area contributed by atoms with Crippen LogP contribution in [-0.4, -0.2) is 21.0 Å². The Bertz CT molecular complexity index is 620. The van der Waals surface area contributed by atoms with E-state index < -0.39 is 17.6 Å². The van der Waals surface area contributed by atoms with Crippen LogP contribution in [0.2, 0.25) is 0 Å². The van der Waals surface area contributed by atoms with Gasteiger partial charge in [-0.15, -0.1) is 0 Å². The van der Waals surface area contributed by atoms with E-state index in [9.17, 15) is 13.6 Å². The van der Waals surface area contributed by atoms with Gasteiger partial charge in [0.2, 0.25) is 5.88 Å². The average molecular weight is 266 g/mol. The fourth-order valence-electron chi connectivity index (χ4n) is 1.35. The number of hydrogen-bond donors (Lipinski definition) is 1. The van der Waals surface area contributed by atoms with E-state index in [1.54, 1.807) is 0 Å². The number of rotatable bonds is 4. The molecule has 0 saturated heterocycles. The van der Waals surface area contributed by atoms with Gasteiger partial charge >= 0.3 is 5.97 Å². The average Bonchev–Trinajstić information content (AvgIpc) is 2.33. The predicted octanol–water partition coefficient (Wildman–Crippen LogP) is 2.17. The normalized spacial score (nSPS) is 10.2. The smallest absolute Gasteiger partial charge is 0.309 e. The Morgan fingerprint density at radius 2 is 2.00 bits per heavy atom. The number of hydrogen-bond acceptors (Lipinski definition) is 4. The zero-order valence-corrected chi connectivity index (χ0v) is 9.51. The van der Waals surface area contributed by atoms with Crippen molar-refractivity contribution in [3.63, 3.8) is 0 Å². The van der Waals surface area contributed by atoms with Gasteiger partial charge in [0.25, 0.3) is 0 Å². The Balaban J connectivity index is 2.18. The van der Waals surface area contributed by atoms with Crippen LogP contribution in [0.15, 0.2) is 30.6 Å². The fourth-order valence-corrected chi connectivity index (χ4v) is 1.35. The summed E-state index contributed by atoms with van der Waals surface area (Å²) < 4.78 is 30.9. The Labute approximate surface area is 106 Å². The highest BCUT2D eigenvalue weighted by Crippen LogP contribution is 2.21. The zero-order valence-electron chi connectivity index (χ0n) is 9.51. The maximum absolute atomic E-state index is 13.0. The van der Waals surface area contributed by atoms with Gasteiger partial charge in [-0.3, -0.25) is 4.79 Å². The van der Waals surface area contributed by atoms with Crippen molar-refractivity contribution in [3.8, 4) is 11.6 Å². The second kappa shape index (κ2) is 5.38. The summed E-state index contributed by atoms with van der Waals surface area (Å²) in [5.41, 5.74) is 0.250. The maximum Gasteiger partial charge on any atom is 0.309 e. The van der Waals surface area contributed by atoms with Crippen LogP contribution in [-0.2, 0) is 11.2 Å². The van der Waals surface area contributed by atoms with E-state index >= 15 is 0 Å². The van der Waals surface area contributed by atoms with Crippen LogP contribution in [0.25, 0.3) is 0 Å². The molecule has 0 amide bonds. The molecule has 1 aromatic heterocycles. The summed E-state index contributed by atoms with van der Waals surface area (Å²) in [5.74, 6) is -2.97. The molecule has 0 radical (unpaired) electrons. The molecule has 0 spiro atoms. The first kappa shape index (κ1) is 12.9. The summed E-state index contributed by atoms with van der Waals surface area (Å²) in [5, 5.41) is 8.62. The highest BCUT2D eigenvalue weighted by Gasteiger charge is 2.07. The van der Waals surface area contributed by atoms with Crippen molar-refractivity contribution >= 4 is 5.97 Å². The van der Waals surface area contributed by atoms with E-state index in [0.29, 0.717) is 0 Å². The van der Waals surface area contributed by atoms with Crippen molar-refractivity contribution in [2.45, 2.75) is 6.42 Å². The molecule has 2 aromatic rings. The number of halogens is 2. The third-order valence-electron chi connectivity index (χ3n) is 2.14. The lowest BCUT2D eigenvalue weighted by Crippen LogP contribution is -2.03. The van der Waals surface area contributed by atoms with Gasteiger partial charge in [0.15, 0.2) is 11.6 Å². The summed E-state index contributed by atoms with van der Waals surface area (Å²) in [6, 6.07) is 4.34. The minimum atomic E-state index is -1.04. The molecule has 0 aliphatic rings. The molecule has 0 unspecified atom stereocenters. The third-order valence-corrected chi connectivity index (χ3v) is 2.14. The van der Waals surface area contributed by atoms with Gasteiger partial charge in [0.05, 0.1) is 12.1 Å². The maximum atomic E-state index is 13.0. The Kier molecular flexibility index (Phi) is 3.65. The molecule has 0 atom stereocenters. The first-order valence-corrected chi connectivity index (χ1v) is 5.20. The zero-order chi connectivity index (χ0) is 13.8. The third kappa shape index (κ3) is 3.44. The van der Waals surface area contributed by atoms with Gasteiger partial charge in [-0.05, 0) is 12.1 Å². The minimum Gasteiger partial charge on any atom is -0.481 e. The van der Waals surface area contributed by atoms with Gasteiger partial charge in [-0.2, -0.15) is 0 Å². The highest BCUT2D eigenvalue weighted by atomic mass is 19.2. The largest absolute Gasteiger partial charge is 0.481 e. The Morgan fingerprint density at radius 3 is 2.68 bits per heavy atom. The molecule has 0 saturated carbocycles. The molecule has 7 heteroatoms. The summed E-state index contributed by atoms with van der Waals surface area (Å²) in [6.07, 6.45) is 0.851. The van der Waals surface area contributed by atoms with Crippen LogP contribution in [0.1, 0.15) is 5.69 Å². The second-order valence-corrected chi connectivity index (χ2v) is 3.60. The number of carboxylic acid groups (broad SMARTS) is 1. The number of carboxylic acids is 1. The van der Waals surface area contributed by atoms with Crippen molar-refractivity contribution in [2.24, 2.45) is 0 Å². The van der Waals surface area contributed by atoms with E-state index in [2.05, 4.69) is 9.97 Å². The molecule has 0 bridgehead atoms. The molecular weight excluding hydrogens is 258 g/mol. The molecule has 0 aliphatic carbocycles. The van der Waals surface area contributed by atoms with E-state index in [4.69, 9.17) is 9.84 Å². The van der Waals surface area contributed by atoms with Crippen molar-refractivity contribution in [3.05, 3.63) is 47.9 Å². The number of aromatic nitrogens is 2. The lowest BCUT2D eigenvalue weighted by molar-refractivity contribution is -0.136. The van der Waals surface area contributed by atoms with Crippen LogP contribution in [0.4, 0.5) is 8.78 Å². The topological polar surface area (TPSA) is 72.3 Å². The van der Waals surface area contributed by atoms with Crippen LogP contribution in [0, 0.1) is 11.6 Å². The van der Waals surface area contributed by atoms with Gasteiger partial charge in [0.1, 0.15) is 12.1 Å². The molecule has 1 aromatic carbocycles. The molecule has 1 N–H and O–H groups in total. The van der Waals surface area contributed by atoms with E-state index in [1.165, 1.54) is 12.1 Å². The molecular formula is C12H8F2N2O3. The number of ether oxygens (including phenoxy) is 1.